The second-order valence-electron chi connectivity index (χ2n) is 4.58. The predicted molar refractivity (Wildman–Crippen MR) is 79.3 cm³/mol. The highest BCUT2D eigenvalue weighted by Gasteiger charge is 2.31. The van der Waals surface area contributed by atoms with Gasteiger partial charge < -0.3 is 9.05 Å². The molecule has 0 rings (SSSR count). The average Bonchev–Trinajstić information content (AvgIpc) is 2.40. The molecule has 0 atom stereocenters. The van der Waals surface area contributed by atoms with E-state index >= 15 is 0 Å². The third-order valence-electron chi connectivity index (χ3n) is 2.52. The summed E-state index contributed by atoms with van der Waals surface area (Å²) in [5.74, 6) is -1.95. The SMILES string of the molecule is CCCC=C(C)C(=O)OP(=O)(O)OC(=O)C(C)=CCCC. The maximum atomic E-state index is 11.6. The summed E-state index contributed by atoms with van der Waals surface area (Å²) in [7, 11) is -4.76. The number of carbonyl (C=O) groups is 2. The largest absolute Gasteiger partial charge is 0.589 e. The van der Waals surface area contributed by atoms with Gasteiger partial charge in [0.1, 0.15) is 0 Å². The molecule has 0 spiro atoms. The fourth-order valence-electron chi connectivity index (χ4n) is 1.26. The van der Waals surface area contributed by atoms with E-state index < -0.39 is 19.8 Å². The Balaban J connectivity index is 4.67. The molecule has 0 aliphatic rings. The van der Waals surface area contributed by atoms with Crippen LogP contribution in [0.1, 0.15) is 53.4 Å². The van der Waals surface area contributed by atoms with Crippen molar-refractivity contribution in [1.82, 2.24) is 0 Å². The molecule has 0 bridgehead atoms. The molecule has 0 fully saturated rings. The maximum Gasteiger partial charge on any atom is 0.589 e. The fourth-order valence-corrected chi connectivity index (χ4v) is 2.00. The van der Waals surface area contributed by atoms with Crippen molar-refractivity contribution in [2.75, 3.05) is 0 Å². The van der Waals surface area contributed by atoms with Gasteiger partial charge in [-0.3, -0.25) is 4.89 Å². The van der Waals surface area contributed by atoms with Crippen molar-refractivity contribution >= 4 is 19.8 Å². The van der Waals surface area contributed by atoms with E-state index in [0.717, 1.165) is 12.8 Å². The monoisotopic (exact) mass is 318 g/mol. The van der Waals surface area contributed by atoms with Crippen LogP contribution in [-0.4, -0.2) is 16.8 Å². The summed E-state index contributed by atoms with van der Waals surface area (Å²) < 4.78 is 20.3. The number of phosphoric ester groups is 1. The third kappa shape index (κ3) is 8.48. The standard InChI is InChI=1S/C14H23O6P/c1-5-7-9-11(3)13(15)19-21(17,18)20-14(16)12(4)10-8-6-2/h9-10H,5-8H2,1-4H3,(H,17,18). The lowest BCUT2D eigenvalue weighted by Crippen LogP contribution is -2.10. The molecule has 0 aromatic rings. The summed E-state index contributed by atoms with van der Waals surface area (Å²) in [6.07, 6.45) is 6.15. The maximum absolute atomic E-state index is 11.6. The van der Waals surface area contributed by atoms with Gasteiger partial charge in [0, 0.05) is 11.1 Å². The van der Waals surface area contributed by atoms with Gasteiger partial charge in [0.05, 0.1) is 0 Å². The minimum atomic E-state index is -4.76. The molecule has 0 aromatic carbocycles. The molecule has 0 aliphatic carbocycles. The van der Waals surface area contributed by atoms with Gasteiger partial charge in [0.2, 0.25) is 0 Å². The van der Waals surface area contributed by atoms with Gasteiger partial charge in [-0.1, -0.05) is 38.8 Å². The quantitative estimate of drug-likeness (QED) is 0.542. The number of carbonyl (C=O) groups excluding carboxylic acids is 2. The van der Waals surface area contributed by atoms with E-state index in [9.17, 15) is 19.0 Å². The van der Waals surface area contributed by atoms with Crippen LogP contribution >= 0.6 is 7.82 Å². The summed E-state index contributed by atoms with van der Waals surface area (Å²) in [5.41, 5.74) is 0.390. The van der Waals surface area contributed by atoms with Gasteiger partial charge >= 0.3 is 19.8 Å². The topological polar surface area (TPSA) is 89.9 Å². The smallest absolute Gasteiger partial charge is 0.358 e. The number of unbranched alkanes of at least 4 members (excludes halogenated alkanes) is 2. The zero-order chi connectivity index (χ0) is 16.5. The summed E-state index contributed by atoms with van der Waals surface area (Å²) in [6, 6.07) is 0. The van der Waals surface area contributed by atoms with E-state index in [-0.39, 0.29) is 11.1 Å². The lowest BCUT2D eigenvalue weighted by Gasteiger charge is -2.11. The molecule has 1 N–H and O–H groups in total. The van der Waals surface area contributed by atoms with Crippen LogP contribution in [0.5, 0.6) is 0 Å². The highest BCUT2D eigenvalue weighted by Crippen LogP contribution is 2.44. The van der Waals surface area contributed by atoms with Crippen molar-refractivity contribution < 1.29 is 28.1 Å². The number of rotatable bonds is 8. The second kappa shape index (κ2) is 9.53. The molecule has 0 amide bonds. The van der Waals surface area contributed by atoms with E-state index in [1.165, 1.54) is 13.8 Å². The van der Waals surface area contributed by atoms with Gasteiger partial charge in [-0.15, -0.1) is 0 Å². The van der Waals surface area contributed by atoms with Crippen molar-refractivity contribution in [3.8, 4) is 0 Å². The molecule has 7 heteroatoms. The molecule has 120 valence electrons. The molecule has 21 heavy (non-hydrogen) atoms. The van der Waals surface area contributed by atoms with Gasteiger partial charge in [0.25, 0.3) is 0 Å². The Kier molecular flexibility index (Phi) is 8.90. The highest BCUT2D eigenvalue weighted by atomic mass is 31.2. The first kappa shape index (κ1) is 19.6. The zero-order valence-electron chi connectivity index (χ0n) is 12.9. The number of hydrogen-bond donors (Lipinski definition) is 1. The van der Waals surface area contributed by atoms with Gasteiger partial charge in [0.15, 0.2) is 0 Å². The molecular formula is C14H23O6P. The lowest BCUT2D eigenvalue weighted by molar-refractivity contribution is -0.135. The number of allylic oxidation sites excluding steroid dienone is 2. The van der Waals surface area contributed by atoms with E-state index in [4.69, 9.17) is 0 Å². The van der Waals surface area contributed by atoms with Crippen molar-refractivity contribution in [2.45, 2.75) is 53.4 Å². The van der Waals surface area contributed by atoms with E-state index in [1.807, 2.05) is 13.8 Å². The molecule has 0 saturated heterocycles. The summed E-state index contributed by atoms with van der Waals surface area (Å²) in [5, 5.41) is 0. The van der Waals surface area contributed by atoms with Gasteiger partial charge in [-0.05, 0) is 26.7 Å². The Labute approximate surface area is 125 Å². The van der Waals surface area contributed by atoms with Crippen LogP contribution in [0.15, 0.2) is 23.3 Å². The molecule has 0 unspecified atom stereocenters. The predicted octanol–water partition coefficient (Wildman–Crippen LogP) is 3.67. The third-order valence-corrected chi connectivity index (χ3v) is 3.31. The van der Waals surface area contributed by atoms with E-state index in [0.29, 0.717) is 12.8 Å². The van der Waals surface area contributed by atoms with Crippen LogP contribution in [0.4, 0.5) is 0 Å². The van der Waals surface area contributed by atoms with Crippen molar-refractivity contribution in [1.29, 1.82) is 0 Å². The molecule has 0 aromatic heterocycles. The lowest BCUT2D eigenvalue weighted by atomic mass is 10.2. The Morgan fingerprint density at radius 1 is 0.952 bits per heavy atom. The minimum Gasteiger partial charge on any atom is -0.358 e. The molecular weight excluding hydrogens is 295 g/mol. The van der Waals surface area contributed by atoms with Crippen LogP contribution < -0.4 is 0 Å². The minimum absolute atomic E-state index is 0.195. The normalized spacial score (nSPS) is 15.3. The second-order valence-corrected chi connectivity index (χ2v) is 5.88. The Bertz CT molecular complexity index is 438. The van der Waals surface area contributed by atoms with E-state index in [2.05, 4.69) is 9.05 Å². The van der Waals surface area contributed by atoms with E-state index in [1.54, 1.807) is 12.2 Å². The van der Waals surface area contributed by atoms with Crippen LogP contribution in [-0.2, 0) is 23.2 Å². The van der Waals surface area contributed by atoms with Crippen LogP contribution in [0.2, 0.25) is 0 Å². The van der Waals surface area contributed by atoms with Crippen molar-refractivity contribution in [3.05, 3.63) is 23.3 Å². The molecule has 0 aliphatic heterocycles. The summed E-state index contributed by atoms with van der Waals surface area (Å²) in [4.78, 5) is 32.5. The first-order valence-electron chi connectivity index (χ1n) is 6.87. The Morgan fingerprint density at radius 3 is 1.57 bits per heavy atom. The molecule has 0 radical (unpaired) electrons. The molecule has 0 saturated carbocycles. The Morgan fingerprint density at radius 2 is 1.29 bits per heavy atom. The zero-order valence-corrected chi connectivity index (χ0v) is 13.8. The first-order valence-corrected chi connectivity index (χ1v) is 8.37. The molecule has 6 nitrogen and oxygen atoms in total. The Hall–Kier alpha value is -1.39. The summed E-state index contributed by atoms with van der Waals surface area (Å²) in [6.45, 7) is 6.79. The first-order chi connectivity index (χ1) is 9.73. The van der Waals surface area contributed by atoms with Crippen molar-refractivity contribution in [3.63, 3.8) is 0 Å². The van der Waals surface area contributed by atoms with Crippen LogP contribution in [0, 0.1) is 0 Å². The number of phosphoric acid groups is 1. The fraction of sp³-hybridized carbons (Fsp3) is 0.571. The van der Waals surface area contributed by atoms with Crippen LogP contribution in [0.3, 0.4) is 0 Å². The van der Waals surface area contributed by atoms with Gasteiger partial charge in [-0.25, -0.2) is 14.2 Å². The summed E-state index contributed by atoms with van der Waals surface area (Å²) >= 11 is 0. The number of hydrogen-bond acceptors (Lipinski definition) is 5. The highest BCUT2D eigenvalue weighted by molar-refractivity contribution is 7.48. The van der Waals surface area contributed by atoms with Crippen molar-refractivity contribution in [2.24, 2.45) is 0 Å². The van der Waals surface area contributed by atoms with Gasteiger partial charge in [-0.2, -0.15) is 0 Å². The van der Waals surface area contributed by atoms with Crippen LogP contribution in [0.25, 0.3) is 0 Å². The molecule has 0 heterocycles. The average molecular weight is 318 g/mol.